The summed E-state index contributed by atoms with van der Waals surface area (Å²) in [6.45, 7) is 6.44. The lowest BCUT2D eigenvalue weighted by Crippen LogP contribution is -2.48. The lowest BCUT2D eigenvalue weighted by molar-refractivity contribution is -0.143. The van der Waals surface area contributed by atoms with Gasteiger partial charge in [-0.25, -0.2) is 9.59 Å². The van der Waals surface area contributed by atoms with E-state index in [1.165, 1.54) is 0 Å². The van der Waals surface area contributed by atoms with Crippen molar-refractivity contribution >= 4 is 24.0 Å². The van der Waals surface area contributed by atoms with Gasteiger partial charge in [0, 0.05) is 52.4 Å². The first-order valence-corrected chi connectivity index (χ1v) is 8.17. The van der Waals surface area contributed by atoms with Gasteiger partial charge in [-0.2, -0.15) is 0 Å². The Labute approximate surface area is 151 Å². The zero-order valence-corrected chi connectivity index (χ0v) is 14.6. The number of carbonyl (C=O) groups excluding carboxylic acids is 2. The van der Waals surface area contributed by atoms with E-state index in [1.807, 2.05) is 0 Å². The van der Waals surface area contributed by atoms with E-state index >= 15 is 0 Å². The van der Waals surface area contributed by atoms with E-state index in [9.17, 15) is 19.2 Å². The van der Waals surface area contributed by atoms with Crippen LogP contribution in [0.1, 0.15) is 12.8 Å². The molecule has 150 valence electrons. The predicted octanol–water partition coefficient (Wildman–Crippen LogP) is -2.12. The van der Waals surface area contributed by atoms with Crippen molar-refractivity contribution in [3.63, 3.8) is 0 Å². The Bertz CT molecular complexity index is 421. The summed E-state index contributed by atoms with van der Waals surface area (Å²) in [5.41, 5.74) is 10.1. The molecule has 0 aliphatic carbocycles. The number of carboxylic acid groups (broad SMARTS) is 2. The first kappa shape index (κ1) is 23.4. The van der Waals surface area contributed by atoms with Crippen molar-refractivity contribution in [1.82, 2.24) is 20.4 Å². The van der Waals surface area contributed by atoms with Crippen LogP contribution in [0.25, 0.3) is 0 Å². The maximum Gasteiger partial charge on any atom is 0.314 e. The number of nitrogens with two attached hydrogens (primary N) is 2. The molecule has 0 aromatic rings. The lowest BCUT2D eigenvalue weighted by atomic mass is 10.3. The predicted molar refractivity (Wildman–Crippen MR) is 92.6 cm³/mol. The molecule has 0 unspecified atom stereocenters. The number of primary amides is 2. The Morgan fingerprint density at radius 2 is 0.962 bits per heavy atom. The van der Waals surface area contributed by atoms with Crippen LogP contribution in [-0.2, 0) is 9.59 Å². The minimum absolute atomic E-state index is 0.296. The molecule has 12 nitrogen and oxygen atoms in total. The van der Waals surface area contributed by atoms with Crippen LogP contribution >= 0.6 is 0 Å². The molecule has 2 aliphatic rings. The molecular weight excluding hydrogens is 348 g/mol. The second-order valence-corrected chi connectivity index (χ2v) is 5.44. The standard InChI is InChI=1S/2C5H11N3O.C4H6O4/c2*6-5(9)8-3-1-7-2-4-8;5-3(6)1-2-4(7)8/h2*7H,1-4H2,(H2,6,9);1-2H2,(H,5,6)(H,7,8). The fourth-order valence-electron chi connectivity index (χ4n) is 1.98. The van der Waals surface area contributed by atoms with Crippen molar-refractivity contribution < 1.29 is 29.4 Å². The third-order valence-electron chi connectivity index (χ3n) is 3.41. The van der Waals surface area contributed by atoms with Gasteiger partial charge in [0.15, 0.2) is 0 Å². The summed E-state index contributed by atoms with van der Waals surface area (Å²) in [6, 6.07) is -0.618. The summed E-state index contributed by atoms with van der Waals surface area (Å²) in [7, 11) is 0. The zero-order chi connectivity index (χ0) is 19.9. The Balaban J connectivity index is 0.000000362. The van der Waals surface area contributed by atoms with Crippen LogP contribution in [0.5, 0.6) is 0 Å². The molecule has 2 aliphatic heterocycles. The number of carboxylic acids is 2. The molecule has 4 amide bonds. The number of piperazine rings is 2. The van der Waals surface area contributed by atoms with E-state index in [-0.39, 0.29) is 24.9 Å². The molecule has 0 aromatic heterocycles. The smallest absolute Gasteiger partial charge is 0.314 e. The second kappa shape index (κ2) is 13.7. The highest BCUT2D eigenvalue weighted by atomic mass is 16.4. The normalized spacial score (nSPS) is 16.3. The molecular formula is C14H28N6O6. The Hall–Kier alpha value is -2.60. The second-order valence-electron chi connectivity index (χ2n) is 5.44. The van der Waals surface area contributed by atoms with Gasteiger partial charge >= 0.3 is 24.0 Å². The van der Waals surface area contributed by atoms with E-state index in [2.05, 4.69) is 10.6 Å². The number of amides is 4. The third-order valence-corrected chi connectivity index (χ3v) is 3.41. The molecule has 8 N–H and O–H groups in total. The number of nitrogens with one attached hydrogen (secondary N) is 2. The number of carbonyl (C=O) groups is 4. The van der Waals surface area contributed by atoms with Gasteiger partial charge in [0.2, 0.25) is 0 Å². The summed E-state index contributed by atoms with van der Waals surface area (Å²) in [4.78, 5) is 43.5. The molecule has 0 saturated carbocycles. The molecule has 2 saturated heterocycles. The molecule has 2 heterocycles. The van der Waals surface area contributed by atoms with Crippen molar-refractivity contribution in [2.75, 3.05) is 52.4 Å². The molecule has 0 bridgehead atoms. The Kier molecular flexibility index (Phi) is 12.3. The zero-order valence-electron chi connectivity index (χ0n) is 14.6. The van der Waals surface area contributed by atoms with Crippen LogP contribution in [0.3, 0.4) is 0 Å². The van der Waals surface area contributed by atoms with E-state index < -0.39 is 11.9 Å². The van der Waals surface area contributed by atoms with Crippen molar-refractivity contribution in [1.29, 1.82) is 0 Å². The number of urea groups is 2. The average molecular weight is 376 g/mol. The first-order chi connectivity index (χ1) is 12.2. The number of nitrogens with zero attached hydrogens (tertiary/aromatic N) is 2. The summed E-state index contributed by atoms with van der Waals surface area (Å²) in [6.07, 6.45) is -0.593. The van der Waals surface area contributed by atoms with Crippen LogP contribution in [-0.4, -0.2) is 96.4 Å². The maximum absolute atomic E-state index is 10.5. The van der Waals surface area contributed by atoms with Crippen molar-refractivity contribution in [2.24, 2.45) is 11.5 Å². The Morgan fingerprint density at radius 3 is 1.12 bits per heavy atom. The highest BCUT2D eigenvalue weighted by molar-refractivity contribution is 5.75. The summed E-state index contributed by atoms with van der Waals surface area (Å²) in [5.74, 6) is -2.15. The molecule has 0 spiro atoms. The number of aliphatic carboxylic acids is 2. The van der Waals surface area contributed by atoms with Gasteiger partial charge in [0.05, 0.1) is 12.8 Å². The SMILES string of the molecule is NC(=O)N1CCNCC1.NC(=O)N1CCNCC1.O=C(O)CCC(=O)O. The van der Waals surface area contributed by atoms with Gasteiger partial charge in [-0.3, -0.25) is 9.59 Å². The van der Waals surface area contributed by atoms with Crippen molar-refractivity contribution in [3.05, 3.63) is 0 Å². The van der Waals surface area contributed by atoms with E-state index in [0.717, 1.165) is 52.4 Å². The summed E-state index contributed by atoms with van der Waals surface area (Å²) >= 11 is 0. The molecule has 0 atom stereocenters. The molecule has 2 rings (SSSR count). The van der Waals surface area contributed by atoms with Gasteiger partial charge in [-0.05, 0) is 0 Å². The molecule has 0 aromatic carbocycles. The molecule has 12 heteroatoms. The van der Waals surface area contributed by atoms with Gasteiger partial charge in [0.25, 0.3) is 0 Å². The third kappa shape index (κ3) is 12.8. The van der Waals surface area contributed by atoms with E-state index in [4.69, 9.17) is 21.7 Å². The van der Waals surface area contributed by atoms with Crippen LogP contribution in [0.15, 0.2) is 0 Å². The van der Waals surface area contributed by atoms with Gasteiger partial charge in [0.1, 0.15) is 0 Å². The Morgan fingerprint density at radius 1 is 0.692 bits per heavy atom. The average Bonchev–Trinajstić information content (AvgIpc) is 2.62. The highest BCUT2D eigenvalue weighted by Crippen LogP contribution is 1.90. The number of hydrogen-bond donors (Lipinski definition) is 6. The quantitative estimate of drug-likeness (QED) is 0.322. The van der Waals surface area contributed by atoms with Crippen molar-refractivity contribution in [3.8, 4) is 0 Å². The summed E-state index contributed by atoms with van der Waals surface area (Å²) < 4.78 is 0. The van der Waals surface area contributed by atoms with Crippen LogP contribution in [0.2, 0.25) is 0 Å². The minimum atomic E-state index is -1.08. The molecule has 2 fully saturated rings. The van der Waals surface area contributed by atoms with Gasteiger partial charge < -0.3 is 42.1 Å². The van der Waals surface area contributed by atoms with Crippen molar-refractivity contribution in [2.45, 2.75) is 12.8 Å². The van der Waals surface area contributed by atoms with Crippen LogP contribution in [0, 0.1) is 0 Å². The van der Waals surface area contributed by atoms with E-state index in [0.29, 0.717) is 0 Å². The largest absolute Gasteiger partial charge is 0.481 e. The topological polar surface area (TPSA) is 191 Å². The van der Waals surface area contributed by atoms with Gasteiger partial charge in [-0.15, -0.1) is 0 Å². The number of hydrogen-bond acceptors (Lipinski definition) is 6. The molecule has 26 heavy (non-hydrogen) atoms. The molecule has 0 radical (unpaired) electrons. The van der Waals surface area contributed by atoms with E-state index in [1.54, 1.807) is 9.80 Å². The van der Waals surface area contributed by atoms with Gasteiger partial charge in [-0.1, -0.05) is 0 Å². The highest BCUT2D eigenvalue weighted by Gasteiger charge is 2.12. The minimum Gasteiger partial charge on any atom is -0.481 e. The summed E-state index contributed by atoms with van der Waals surface area (Å²) in [5, 5.41) is 22.0. The first-order valence-electron chi connectivity index (χ1n) is 8.17. The number of rotatable bonds is 3. The van der Waals surface area contributed by atoms with Crippen LogP contribution in [0.4, 0.5) is 9.59 Å². The maximum atomic E-state index is 10.5. The fourth-order valence-corrected chi connectivity index (χ4v) is 1.98. The van der Waals surface area contributed by atoms with Crippen LogP contribution < -0.4 is 22.1 Å². The fraction of sp³-hybridized carbons (Fsp3) is 0.714. The lowest BCUT2D eigenvalue weighted by Gasteiger charge is -2.25. The monoisotopic (exact) mass is 376 g/mol.